The second-order valence-electron chi connectivity index (χ2n) is 13.1. The smallest absolute Gasteiger partial charge is 0.463 e. The van der Waals surface area contributed by atoms with Crippen LogP contribution in [0.5, 0.6) is 0 Å². The number of esters is 4. The van der Waals surface area contributed by atoms with Crippen LogP contribution in [0, 0.1) is 16.2 Å². The van der Waals surface area contributed by atoms with E-state index in [2.05, 4.69) is 15.3 Å². The highest BCUT2D eigenvalue weighted by molar-refractivity contribution is 7.80. The summed E-state index contributed by atoms with van der Waals surface area (Å²) in [5, 5.41) is 0. The van der Waals surface area contributed by atoms with Gasteiger partial charge in [0.2, 0.25) is 0 Å². The predicted molar refractivity (Wildman–Crippen MR) is 176 cm³/mol. The Hall–Kier alpha value is -2.40. The maximum absolute atomic E-state index is 11.7. The van der Waals surface area contributed by atoms with Crippen LogP contribution in [0.15, 0.2) is 12.2 Å². The minimum atomic E-state index is -4.53. The molecular weight excluding hydrogens is 679 g/mol. The Morgan fingerprint density at radius 2 is 1.04 bits per heavy atom. The molecule has 0 aliphatic carbocycles. The van der Waals surface area contributed by atoms with Gasteiger partial charge in [0.15, 0.2) is 0 Å². The Morgan fingerprint density at radius 3 is 1.38 bits per heavy atom. The molecule has 0 aromatic rings. The Labute approximate surface area is 285 Å². The molecule has 0 spiro atoms. The van der Waals surface area contributed by atoms with Crippen molar-refractivity contribution in [1.29, 1.82) is 0 Å². The molecule has 0 atom stereocenters. The zero-order valence-electron chi connectivity index (χ0n) is 30.4. The molecule has 3 N–H and O–H groups in total. The SMILES string of the molecule is C=C(C)C(=O)OCCOC(=O)C(C)(C)CC.CCC(C)(C)C(=O)OC(C)(C)COS(=O)(=O)O.CCC(C)(C)C(=O)OCCOP(=O)(O)O. The van der Waals surface area contributed by atoms with Crippen LogP contribution in [0.2, 0.25) is 0 Å². The van der Waals surface area contributed by atoms with Crippen molar-refractivity contribution in [2.75, 3.05) is 33.0 Å². The molecule has 0 amide bonds. The number of ether oxygens (including phenoxy) is 4. The fourth-order valence-corrected chi connectivity index (χ4v) is 2.89. The van der Waals surface area contributed by atoms with Crippen LogP contribution in [0.25, 0.3) is 0 Å². The highest BCUT2D eigenvalue weighted by Gasteiger charge is 2.34. The standard InChI is InChI=1S/C12H20O4.C10H20O6S.C8H17O6P/c1-6-12(4,5)11(14)16-8-7-15-10(13)9(2)3;1-6-9(2,3)8(11)16-10(4,5)7-15-17(12,13)14;1-4-8(2,3)7(9)13-5-6-14-15(10,11)12/h2,6-8H2,1,3-5H3;6-7H2,1-5H3,(H,12,13,14);4-6H2,1-3H3,(H2,10,11,12). The van der Waals surface area contributed by atoms with Crippen molar-refractivity contribution in [2.45, 2.75) is 108 Å². The van der Waals surface area contributed by atoms with Gasteiger partial charge < -0.3 is 28.7 Å². The lowest BCUT2D eigenvalue weighted by Gasteiger charge is -2.29. The van der Waals surface area contributed by atoms with Crippen LogP contribution in [0.3, 0.4) is 0 Å². The molecule has 0 saturated carbocycles. The third kappa shape index (κ3) is 25.6. The first-order chi connectivity index (χ1) is 21.4. The van der Waals surface area contributed by atoms with Gasteiger partial charge in [-0.1, -0.05) is 27.4 Å². The van der Waals surface area contributed by atoms with E-state index >= 15 is 0 Å². The van der Waals surface area contributed by atoms with Gasteiger partial charge >= 0.3 is 42.1 Å². The summed E-state index contributed by atoms with van der Waals surface area (Å²) < 4.78 is 67.5. The first-order valence-electron chi connectivity index (χ1n) is 15.1. The van der Waals surface area contributed by atoms with Gasteiger partial charge in [-0.05, 0) is 81.6 Å². The fraction of sp³-hybridized carbons (Fsp3) is 0.800. The average Bonchev–Trinajstić information content (AvgIpc) is 2.95. The van der Waals surface area contributed by atoms with Crippen molar-refractivity contribution < 1.29 is 74.2 Å². The van der Waals surface area contributed by atoms with Gasteiger partial charge in [0.1, 0.15) is 32.0 Å². The predicted octanol–water partition coefficient (Wildman–Crippen LogP) is 4.72. The quantitative estimate of drug-likeness (QED) is 0.0431. The summed E-state index contributed by atoms with van der Waals surface area (Å²) in [6, 6.07) is 0. The van der Waals surface area contributed by atoms with Gasteiger partial charge in [0.25, 0.3) is 0 Å². The van der Waals surface area contributed by atoms with Gasteiger partial charge in [-0.2, -0.15) is 8.42 Å². The molecule has 16 nitrogen and oxygen atoms in total. The zero-order valence-corrected chi connectivity index (χ0v) is 32.1. The summed E-state index contributed by atoms with van der Waals surface area (Å²) in [6.45, 7) is 23.4. The minimum absolute atomic E-state index is 0.0667. The maximum Gasteiger partial charge on any atom is 0.469 e. The lowest BCUT2D eigenvalue weighted by Crippen LogP contribution is -2.39. The summed E-state index contributed by atoms with van der Waals surface area (Å²) in [6.07, 6.45) is 1.93. The fourth-order valence-electron chi connectivity index (χ4n) is 2.14. The van der Waals surface area contributed by atoms with Gasteiger partial charge in [-0.15, -0.1) is 0 Å². The van der Waals surface area contributed by atoms with Crippen LogP contribution in [0.4, 0.5) is 0 Å². The number of carbonyl (C=O) groups is 4. The number of phosphoric acid groups is 1. The summed E-state index contributed by atoms with van der Waals surface area (Å²) in [5.74, 6) is -1.59. The molecule has 0 fully saturated rings. The van der Waals surface area contributed by atoms with Crippen molar-refractivity contribution in [2.24, 2.45) is 16.2 Å². The number of carbonyl (C=O) groups excluding carboxylic acids is 4. The van der Waals surface area contributed by atoms with Crippen LogP contribution in [0.1, 0.15) is 102 Å². The molecule has 18 heteroatoms. The summed E-state index contributed by atoms with van der Waals surface area (Å²) in [5.41, 5.74) is -2.50. The normalized spacial score (nSPS) is 12.3. The van der Waals surface area contributed by atoms with E-state index in [0.717, 1.165) is 0 Å². The Bertz CT molecular complexity index is 1200. The Balaban J connectivity index is -0.000000634. The topological polar surface area (TPSA) is 236 Å². The average molecular weight is 737 g/mol. The van der Waals surface area contributed by atoms with Crippen LogP contribution >= 0.6 is 7.82 Å². The van der Waals surface area contributed by atoms with E-state index in [1.54, 1.807) is 34.6 Å². The first-order valence-corrected chi connectivity index (χ1v) is 18.0. The molecule has 0 aliphatic heterocycles. The Kier molecular flexibility index (Phi) is 22.5. The lowest BCUT2D eigenvalue weighted by molar-refractivity contribution is -0.170. The molecule has 0 aromatic carbocycles. The minimum Gasteiger partial charge on any atom is -0.463 e. The molecule has 48 heavy (non-hydrogen) atoms. The van der Waals surface area contributed by atoms with Crippen molar-refractivity contribution in [3.8, 4) is 0 Å². The lowest BCUT2D eigenvalue weighted by atomic mass is 9.90. The molecule has 0 saturated heterocycles. The summed E-state index contributed by atoms with van der Waals surface area (Å²) >= 11 is 0. The van der Waals surface area contributed by atoms with E-state index in [1.165, 1.54) is 13.8 Å². The van der Waals surface area contributed by atoms with Crippen molar-refractivity contribution in [1.82, 2.24) is 0 Å². The molecule has 0 aromatic heterocycles. The highest BCUT2D eigenvalue weighted by Crippen LogP contribution is 2.35. The third-order valence-electron chi connectivity index (χ3n) is 6.71. The van der Waals surface area contributed by atoms with Gasteiger partial charge in [0, 0.05) is 5.57 Å². The zero-order chi connectivity index (χ0) is 38.8. The van der Waals surface area contributed by atoms with E-state index in [9.17, 15) is 32.2 Å². The van der Waals surface area contributed by atoms with E-state index in [0.29, 0.717) is 24.8 Å². The van der Waals surface area contributed by atoms with Crippen molar-refractivity contribution in [3.63, 3.8) is 0 Å². The van der Waals surface area contributed by atoms with Gasteiger partial charge in [-0.3, -0.25) is 23.5 Å². The molecule has 0 rings (SSSR count). The Morgan fingerprint density at radius 1 is 0.688 bits per heavy atom. The molecule has 0 heterocycles. The molecule has 0 aliphatic rings. The van der Waals surface area contributed by atoms with E-state index in [4.69, 9.17) is 33.3 Å². The molecule has 0 bridgehead atoms. The number of hydrogen-bond donors (Lipinski definition) is 3. The monoisotopic (exact) mass is 736 g/mol. The van der Waals surface area contributed by atoms with Crippen LogP contribution in [-0.2, 0) is 61.8 Å². The molecule has 284 valence electrons. The van der Waals surface area contributed by atoms with Crippen molar-refractivity contribution in [3.05, 3.63) is 12.2 Å². The van der Waals surface area contributed by atoms with Crippen LogP contribution < -0.4 is 0 Å². The maximum atomic E-state index is 11.7. The summed E-state index contributed by atoms with van der Waals surface area (Å²) in [4.78, 5) is 62.2. The van der Waals surface area contributed by atoms with E-state index in [-0.39, 0.29) is 32.4 Å². The number of phosphoric ester groups is 1. The van der Waals surface area contributed by atoms with E-state index in [1.807, 2.05) is 34.6 Å². The number of rotatable bonds is 18. The number of hydrogen-bond acceptors (Lipinski definition) is 13. The second kappa shape index (κ2) is 21.6. The second-order valence-corrected chi connectivity index (χ2v) is 15.4. The third-order valence-corrected chi connectivity index (χ3v) is 7.64. The van der Waals surface area contributed by atoms with Gasteiger partial charge in [0.05, 0.1) is 22.9 Å². The van der Waals surface area contributed by atoms with Gasteiger partial charge in [-0.25, -0.2) is 13.5 Å². The molecule has 0 radical (unpaired) electrons. The van der Waals surface area contributed by atoms with Crippen LogP contribution in [-0.4, -0.2) is 85.3 Å². The first kappa shape index (κ1) is 50.0. The largest absolute Gasteiger partial charge is 0.469 e. The summed E-state index contributed by atoms with van der Waals surface area (Å²) in [7, 11) is -8.99. The highest BCUT2D eigenvalue weighted by atomic mass is 32.3. The van der Waals surface area contributed by atoms with E-state index < -0.39 is 64.6 Å². The molecular formula is C30H57O16PS. The molecule has 0 unspecified atom stereocenters. The van der Waals surface area contributed by atoms with Crippen molar-refractivity contribution >= 4 is 42.1 Å².